The summed E-state index contributed by atoms with van der Waals surface area (Å²) >= 11 is 0. The van der Waals surface area contributed by atoms with Crippen LogP contribution in [0.4, 0.5) is 11.4 Å². The number of morpholine rings is 1. The number of nitrogens with one attached hydrogen (secondary N) is 1. The number of rotatable bonds is 2. The first-order chi connectivity index (χ1) is 9.60. The molecular weight excluding hydrogens is 256 g/mol. The lowest BCUT2D eigenvalue weighted by Gasteiger charge is -2.40. The highest BCUT2D eigenvalue weighted by molar-refractivity contribution is 6.02. The van der Waals surface area contributed by atoms with E-state index >= 15 is 0 Å². The Bertz CT molecular complexity index is 532. The van der Waals surface area contributed by atoms with Gasteiger partial charge in [0.05, 0.1) is 18.8 Å². The van der Waals surface area contributed by atoms with E-state index in [-0.39, 0.29) is 12.0 Å². The Hall–Kier alpha value is -1.59. The summed E-state index contributed by atoms with van der Waals surface area (Å²) in [5.74, 6) is -0.348. The van der Waals surface area contributed by atoms with Gasteiger partial charge in [-0.05, 0) is 25.5 Å². The molecule has 108 valence electrons. The molecule has 2 N–H and O–H groups in total. The number of ether oxygens (including phenoxy) is 1. The molecule has 5 nitrogen and oxygen atoms in total. The summed E-state index contributed by atoms with van der Waals surface area (Å²) in [5.41, 5.74) is 2.45. The molecule has 2 aliphatic rings. The second kappa shape index (κ2) is 5.07. The van der Waals surface area contributed by atoms with Crippen molar-refractivity contribution in [3.63, 3.8) is 0 Å². The van der Waals surface area contributed by atoms with Crippen LogP contribution >= 0.6 is 0 Å². The van der Waals surface area contributed by atoms with Gasteiger partial charge in [-0.2, -0.15) is 0 Å². The molecule has 2 heterocycles. The first-order valence-corrected chi connectivity index (χ1v) is 7.11. The maximum atomic E-state index is 11.5. The molecule has 0 aliphatic carbocycles. The Kier molecular flexibility index (Phi) is 3.40. The van der Waals surface area contributed by atoms with Crippen molar-refractivity contribution in [3.05, 3.63) is 23.8 Å². The van der Waals surface area contributed by atoms with Crippen molar-refractivity contribution in [1.29, 1.82) is 0 Å². The number of anilines is 2. The van der Waals surface area contributed by atoms with Crippen LogP contribution < -0.4 is 10.2 Å². The minimum atomic E-state index is -1.04. The number of carbonyl (C=O) groups is 1. The summed E-state index contributed by atoms with van der Waals surface area (Å²) in [7, 11) is 0. The highest BCUT2D eigenvalue weighted by Crippen LogP contribution is 2.35. The van der Waals surface area contributed by atoms with Gasteiger partial charge in [0.15, 0.2) is 6.10 Å². The van der Waals surface area contributed by atoms with Crippen LogP contribution in [-0.4, -0.2) is 36.3 Å². The molecule has 0 bridgehead atoms. The van der Waals surface area contributed by atoms with Crippen molar-refractivity contribution in [1.82, 2.24) is 0 Å². The van der Waals surface area contributed by atoms with Crippen molar-refractivity contribution in [3.8, 4) is 0 Å². The number of nitrogens with zero attached hydrogens (tertiary/aromatic N) is 1. The summed E-state index contributed by atoms with van der Waals surface area (Å²) in [5, 5.41) is 12.5. The predicted octanol–water partition coefficient (Wildman–Crippen LogP) is 1.68. The second-order valence-electron chi connectivity index (χ2n) is 5.52. The fraction of sp³-hybridized carbons (Fsp3) is 0.533. The van der Waals surface area contributed by atoms with Gasteiger partial charge in [-0.1, -0.05) is 13.0 Å². The van der Waals surface area contributed by atoms with Crippen molar-refractivity contribution in [2.45, 2.75) is 38.5 Å². The third kappa shape index (κ3) is 2.17. The number of amides is 1. The first kappa shape index (κ1) is 13.4. The van der Waals surface area contributed by atoms with Crippen LogP contribution in [0.1, 0.15) is 31.9 Å². The number of hydrogen-bond donors (Lipinski definition) is 2. The lowest BCUT2D eigenvalue weighted by molar-refractivity contribution is -0.123. The zero-order valence-electron chi connectivity index (χ0n) is 11.8. The van der Waals surface area contributed by atoms with E-state index in [0.29, 0.717) is 17.3 Å². The molecule has 2 aliphatic heterocycles. The van der Waals surface area contributed by atoms with E-state index in [9.17, 15) is 9.90 Å². The lowest BCUT2D eigenvalue weighted by Crippen LogP contribution is -2.48. The van der Waals surface area contributed by atoms with Crippen LogP contribution in [0.3, 0.4) is 0 Å². The van der Waals surface area contributed by atoms with Gasteiger partial charge in [-0.15, -0.1) is 0 Å². The van der Waals surface area contributed by atoms with Crippen molar-refractivity contribution in [2.75, 3.05) is 23.4 Å². The second-order valence-corrected chi connectivity index (χ2v) is 5.52. The standard InChI is InChI=1S/C15H20N2O3/c1-3-10-8-20-9(2)7-17(10)11-4-5-12-13(6-11)16-15(19)14(12)18/h4-6,9-10,14,18H,3,7-8H2,1-2H3,(H,16,19). The van der Waals surface area contributed by atoms with Gasteiger partial charge in [0.1, 0.15) is 0 Å². The minimum Gasteiger partial charge on any atom is -0.378 e. The summed E-state index contributed by atoms with van der Waals surface area (Å²) < 4.78 is 5.71. The fourth-order valence-electron chi connectivity index (χ4n) is 2.91. The molecule has 1 aromatic carbocycles. The SMILES string of the molecule is CCC1COC(C)CN1c1ccc2c(c1)NC(=O)C2O. The molecule has 0 aromatic heterocycles. The van der Waals surface area contributed by atoms with Gasteiger partial charge in [0.25, 0.3) is 5.91 Å². The maximum Gasteiger partial charge on any atom is 0.257 e. The Labute approximate surface area is 118 Å². The van der Waals surface area contributed by atoms with Gasteiger partial charge >= 0.3 is 0 Å². The molecule has 1 aromatic rings. The van der Waals surface area contributed by atoms with Crippen molar-refractivity contribution < 1.29 is 14.6 Å². The van der Waals surface area contributed by atoms with E-state index in [1.807, 2.05) is 18.2 Å². The van der Waals surface area contributed by atoms with E-state index in [2.05, 4.69) is 24.1 Å². The molecule has 0 spiro atoms. The Morgan fingerprint density at radius 3 is 3.05 bits per heavy atom. The molecule has 20 heavy (non-hydrogen) atoms. The summed E-state index contributed by atoms with van der Waals surface area (Å²) in [6.07, 6.45) is 0.176. The average Bonchev–Trinajstić information content (AvgIpc) is 2.73. The van der Waals surface area contributed by atoms with E-state index in [1.54, 1.807) is 0 Å². The third-order valence-electron chi connectivity index (χ3n) is 4.11. The van der Waals surface area contributed by atoms with E-state index < -0.39 is 6.10 Å². The van der Waals surface area contributed by atoms with Crippen molar-refractivity contribution in [2.24, 2.45) is 0 Å². The molecule has 0 saturated carbocycles. The van der Waals surface area contributed by atoms with E-state index in [4.69, 9.17) is 4.74 Å². The number of carbonyl (C=O) groups excluding carboxylic acids is 1. The monoisotopic (exact) mass is 276 g/mol. The van der Waals surface area contributed by atoms with Crippen LogP contribution in [0.25, 0.3) is 0 Å². The third-order valence-corrected chi connectivity index (χ3v) is 4.11. The predicted molar refractivity (Wildman–Crippen MR) is 76.9 cm³/mol. The molecule has 3 rings (SSSR count). The summed E-state index contributed by atoms with van der Waals surface area (Å²) in [6, 6.07) is 6.11. The average molecular weight is 276 g/mol. The fourth-order valence-corrected chi connectivity index (χ4v) is 2.91. The van der Waals surface area contributed by atoms with E-state index in [0.717, 1.165) is 25.3 Å². The van der Waals surface area contributed by atoms with Crippen LogP contribution in [0, 0.1) is 0 Å². The molecule has 1 fully saturated rings. The number of benzene rings is 1. The summed E-state index contributed by atoms with van der Waals surface area (Å²) in [4.78, 5) is 13.8. The van der Waals surface area contributed by atoms with Crippen LogP contribution in [-0.2, 0) is 9.53 Å². The number of hydrogen-bond acceptors (Lipinski definition) is 4. The van der Waals surface area contributed by atoms with Gasteiger partial charge < -0.3 is 20.1 Å². The molecular formula is C15H20N2O3. The smallest absolute Gasteiger partial charge is 0.257 e. The topological polar surface area (TPSA) is 61.8 Å². The Balaban J connectivity index is 1.91. The minimum absolute atomic E-state index is 0.200. The van der Waals surface area contributed by atoms with Gasteiger partial charge in [-0.25, -0.2) is 0 Å². The van der Waals surface area contributed by atoms with Crippen molar-refractivity contribution >= 4 is 17.3 Å². The largest absolute Gasteiger partial charge is 0.378 e. The lowest BCUT2D eigenvalue weighted by atomic mass is 10.1. The summed E-state index contributed by atoms with van der Waals surface area (Å²) in [6.45, 7) is 5.78. The highest BCUT2D eigenvalue weighted by Gasteiger charge is 2.31. The number of aliphatic hydroxyl groups is 1. The van der Waals surface area contributed by atoms with Gasteiger partial charge in [0.2, 0.25) is 0 Å². The molecule has 1 amide bonds. The van der Waals surface area contributed by atoms with Crippen LogP contribution in [0.15, 0.2) is 18.2 Å². The highest BCUT2D eigenvalue weighted by atomic mass is 16.5. The van der Waals surface area contributed by atoms with Gasteiger partial charge in [-0.3, -0.25) is 4.79 Å². The van der Waals surface area contributed by atoms with E-state index in [1.165, 1.54) is 0 Å². The van der Waals surface area contributed by atoms with Crippen LogP contribution in [0.2, 0.25) is 0 Å². The van der Waals surface area contributed by atoms with Gasteiger partial charge in [0, 0.05) is 23.5 Å². The maximum absolute atomic E-state index is 11.5. The molecule has 1 saturated heterocycles. The molecule has 3 unspecified atom stereocenters. The zero-order chi connectivity index (χ0) is 14.3. The van der Waals surface area contributed by atoms with Crippen LogP contribution in [0.5, 0.6) is 0 Å². The quantitative estimate of drug-likeness (QED) is 0.862. The number of aliphatic hydroxyl groups excluding tert-OH is 1. The normalized spacial score (nSPS) is 29.2. The zero-order valence-corrected chi connectivity index (χ0v) is 11.8. The molecule has 0 radical (unpaired) electrons. The number of fused-ring (bicyclic) bond motifs is 1. The molecule has 3 atom stereocenters. The Morgan fingerprint density at radius 1 is 1.50 bits per heavy atom. The Morgan fingerprint density at radius 2 is 2.30 bits per heavy atom. The molecule has 5 heteroatoms. The first-order valence-electron chi connectivity index (χ1n) is 7.11.